The molecule has 1 unspecified atom stereocenters. The highest BCUT2D eigenvalue weighted by Gasteiger charge is 2.46. The third-order valence-electron chi connectivity index (χ3n) is 5.29. The van der Waals surface area contributed by atoms with Crippen molar-refractivity contribution in [1.29, 1.82) is 0 Å². The van der Waals surface area contributed by atoms with Crippen molar-refractivity contribution in [3.63, 3.8) is 0 Å². The molecule has 1 aromatic rings. The SMILES string of the molecule is CCOC(=O)C1C(CC)=NC2=C(C(=O)CC(C)(C)C2)[C@@H]1c1cccc(I)c1. The molecule has 0 N–H and O–H groups in total. The molecule has 1 aliphatic heterocycles. The number of carbonyl (C=O) groups is 2. The van der Waals surface area contributed by atoms with E-state index in [-0.39, 0.29) is 23.1 Å². The Bertz CT molecular complexity index is 838. The topological polar surface area (TPSA) is 55.7 Å². The summed E-state index contributed by atoms with van der Waals surface area (Å²) in [4.78, 5) is 30.9. The van der Waals surface area contributed by atoms with Gasteiger partial charge in [0.25, 0.3) is 0 Å². The Morgan fingerprint density at radius 3 is 2.67 bits per heavy atom. The van der Waals surface area contributed by atoms with Gasteiger partial charge in [0.1, 0.15) is 5.92 Å². The molecule has 4 nitrogen and oxygen atoms in total. The van der Waals surface area contributed by atoms with Crippen LogP contribution in [0.15, 0.2) is 40.5 Å². The first-order chi connectivity index (χ1) is 12.8. The van der Waals surface area contributed by atoms with Crippen LogP contribution < -0.4 is 0 Å². The monoisotopic (exact) mass is 479 g/mol. The number of rotatable bonds is 4. The number of ketones is 1. The fourth-order valence-corrected chi connectivity index (χ4v) is 4.79. The highest BCUT2D eigenvalue weighted by molar-refractivity contribution is 14.1. The molecule has 0 aromatic heterocycles. The van der Waals surface area contributed by atoms with Gasteiger partial charge in [-0.15, -0.1) is 0 Å². The van der Waals surface area contributed by atoms with Crippen LogP contribution in [0.5, 0.6) is 0 Å². The van der Waals surface area contributed by atoms with Gasteiger partial charge in [-0.1, -0.05) is 32.9 Å². The molecule has 2 atom stereocenters. The molecule has 27 heavy (non-hydrogen) atoms. The van der Waals surface area contributed by atoms with Crippen molar-refractivity contribution in [2.45, 2.75) is 52.9 Å². The molecule has 0 amide bonds. The normalized spacial score (nSPS) is 24.3. The van der Waals surface area contributed by atoms with Crippen LogP contribution in [0.4, 0.5) is 0 Å². The van der Waals surface area contributed by atoms with E-state index in [4.69, 9.17) is 9.73 Å². The molecule has 0 fully saturated rings. The maximum atomic E-state index is 13.2. The van der Waals surface area contributed by atoms with E-state index in [9.17, 15) is 9.59 Å². The molecule has 2 aliphatic rings. The summed E-state index contributed by atoms with van der Waals surface area (Å²) in [5.74, 6) is -1.02. The number of nitrogens with zero attached hydrogens (tertiary/aromatic N) is 1. The molecule has 0 saturated heterocycles. The Balaban J connectivity index is 2.21. The second-order valence-corrected chi connectivity index (χ2v) is 9.27. The number of allylic oxidation sites excluding steroid dienone is 2. The van der Waals surface area contributed by atoms with Gasteiger partial charge in [-0.05, 0) is 65.5 Å². The standard InChI is InChI=1S/C22H26INO3/c1-5-15-20(21(26)27-6-2)18(13-8-7-9-14(23)10-13)19-16(24-15)11-22(3,4)12-17(19)25/h7-10,18,20H,5-6,11-12H2,1-4H3/t18-,20?/m0/s1. The summed E-state index contributed by atoms with van der Waals surface area (Å²) >= 11 is 2.27. The average Bonchev–Trinajstić information content (AvgIpc) is 2.59. The van der Waals surface area contributed by atoms with Gasteiger partial charge in [-0.2, -0.15) is 0 Å². The van der Waals surface area contributed by atoms with Crippen molar-refractivity contribution in [3.05, 3.63) is 44.7 Å². The summed E-state index contributed by atoms with van der Waals surface area (Å²) in [5.41, 5.74) is 3.28. The number of esters is 1. The number of halogens is 1. The maximum Gasteiger partial charge on any atom is 0.315 e. The second kappa shape index (κ2) is 7.86. The molecule has 144 valence electrons. The lowest BCUT2D eigenvalue weighted by molar-refractivity contribution is -0.146. The molecular weight excluding hydrogens is 453 g/mol. The van der Waals surface area contributed by atoms with Crippen molar-refractivity contribution >= 4 is 40.1 Å². The Hall–Kier alpha value is -1.50. The summed E-state index contributed by atoms with van der Waals surface area (Å²) in [6, 6.07) is 8.07. The number of hydrogen-bond acceptors (Lipinski definition) is 4. The number of hydrogen-bond donors (Lipinski definition) is 0. The molecule has 0 bridgehead atoms. The van der Waals surface area contributed by atoms with E-state index in [1.807, 2.05) is 32.0 Å². The van der Waals surface area contributed by atoms with Gasteiger partial charge in [0.05, 0.1) is 6.61 Å². The van der Waals surface area contributed by atoms with Gasteiger partial charge in [0.15, 0.2) is 5.78 Å². The Morgan fingerprint density at radius 2 is 2.04 bits per heavy atom. The minimum absolute atomic E-state index is 0.106. The Kier molecular flexibility index (Phi) is 5.89. The van der Waals surface area contributed by atoms with E-state index in [0.29, 0.717) is 25.0 Å². The lowest BCUT2D eigenvalue weighted by Crippen LogP contribution is -2.40. The number of benzene rings is 1. The van der Waals surface area contributed by atoms with Crippen LogP contribution in [-0.4, -0.2) is 24.1 Å². The lowest BCUT2D eigenvalue weighted by Gasteiger charge is -2.39. The number of Topliss-reactive ketones (excluding diaryl/α,β-unsaturated/α-hetero) is 1. The molecule has 1 aromatic carbocycles. The molecule has 5 heteroatoms. The van der Waals surface area contributed by atoms with E-state index in [2.05, 4.69) is 42.5 Å². The molecule has 1 aliphatic carbocycles. The third-order valence-corrected chi connectivity index (χ3v) is 5.96. The van der Waals surface area contributed by atoms with Crippen molar-refractivity contribution in [1.82, 2.24) is 0 Å². The van der Waals surface area contributed by atoms with Gasteiger partial charge in [0.2, 0.25) is 0 Å². The number of aliphatic imine (C=N–C) groups is 1. The summed E-state index contributed by atoms with van der Waals surface area (Å²) in [7, 11) is 0. The number of ether oxygens (including phenoxy) is 1. The zero-order valence-corrected chi connectivity index (χ0v) is 18.5. The van der Waals surface area contributed by atoms with Crippen LogP contribution in [0, 0.1) is 14.9 Å². The predicted octanol–water partition coefficient (Wildman–Crippen LogP) is 5.06. The molecule has 1 heterocycles. The maximum absolute atomic E-state index is 13.2. The largest absolute Gasteiger partial charge is 0.465 e. The van der Waals surface area contributed by atoms with E-state index in [1.165, 1.54) is 0 Å². The number of carbonyl (C=O) groups excluding carboxylic acids is 2. The fraction of sp³-hybridized carbons (Fsp3) is 0.500. The van der Waals surface area contributed by atoms with Crippen LogP contribution in [0.3, 0.4) is 0 Å². The summed E-state index contributed by atoms with van der Waals surface area (Å²) in [6.07, 6.45) is 1.90. The first-order valence-corrected chi connectivity index (χ1v) is 10.6. The van der Waals surface area contributed by atoms with Crippen molar-refractivity contribution in [3.8, 4) is 0 Å². The van der Waals surface area contributed by atoms with Crippen LogP contribution >= 0.6 is 22.6 Å². The van der Waals surface area contributed by atoms with Gasteiger partial charge < -0.3 is 4.74 Å². The quantitative estimate of drug-likeness (QED) is 0.448. The van der Waals surface area contributed by atoms with Crippen LogP contribution in [-0.2, 0) is 14.3 Å². The first-order valence-electron chi connectivity index (χ1n) is 9.53. The van der Waals surface area contributed by atoms with Crippen molar-refractivity contribution in [2.24, 2.45) is 16.3 Å². The van der Waals surface area contributed by atoms with Crippen LogP contribution in [0.1, 0.15) is 58.4 Å². The summed E-state index contributed by atoms with van der Waals surface area (Å²) in [5, 5.41) is 0. The lowest BCUT2D eigenvalue weighted by atomic mass is 9.66. The van der Waals surface area contributed by atoms with Gasteiger partial charge in [-0.3, -0.25) is 14.6 Å². The van der Waals surface area contributed by atoms with E-state index >= 15 is 0 Å². The van der Waals surface area contributed by atoms with Gasteiger partial charge >= 0.3 is 5.97 Å². The van der Waals surface area contributed by atoms with Crippen LogP contribution in [0.2, 0.25) is 0 Å². The zero-order valence-electron chi connectivity index (χ0n) is 16.3. The van der Waals surface area contributed by atoms with E-state index in [1.54, 1.807) is 0 Å². The highest BCUT2D eigenvalue weighted by Crippen LogP contribution is 2.48. The Labute approximate surface area is 174 Å². The molecule has 3 rings (SSSR count). The predicted molar refractivity (Wildman–Crippen MR) is 115 cm³/mol. The molecule has 0 spiro atoms. The van der Waals surface area contributed by atoms with E-state index < -0.39 is 5.92 Å². The summed E-state index contributed by atoms with van der Waals surface area (Å²) < 4.78 is 6.48. The minimum atomic E-state index is -0.530. The van der Waals surface area contributed by atoms with Crippen molar-refractivity contribution < 1.29 is 14.3 Å². The molecule has 0 radical (unpaired) electrons. The highest BCUT2D eigenvalue weighted by atomic mass is 127. The Morgan fingerprint density at radius 1 is 1.30 bits per heavy atom. The van der Waals surface area contributed by atoms with E-state index in [0.717, 1.165) is 27.0 Å². The zero-order chi connectivity index (χ0) is 19.8. The first kappa shape index (κ1) is 20.2. The third kappa shape index (κ3) is 4.03. The van der Waals surface area contributed by atoms with Crippen molar-refractivity contribution in [2.75, 3.05) is 6.61 Å². The summed E-state index contributed by atoms with van der Waals surface area (Å²) in [6.45, 7) is 8.35. The van der Waals surface area contributed by atoms with Gasteiger partial charge in [-0.25, -0.2) is 0 Å². The molecule has 0 saturated carbocycles. The molecular formula is C22H26INO3. The second-order valence-electron chi connectivity index (χ2n) is 8.02. The van der Waals surface area contributed by atoms with Crippen LogP contribution in [0.25, 0.3) is 0 Å². The minimum Gasteiger partial charge on any atom is -0.465 e. The smallest absolute Gasteiger partial charge is 0.315 e. The fourth-order valence-electron chi connectivity index (χ4n) is 4.22. The average molecular weight is 479 g/mol. The van der Waals surface area contributed by atoms with Gasteiger partial charge in [0, 0.05) is 32.9 Å².